The van der Waals surface area contributed by atoms with Gasteiger partial charge in [0.1, 0.15) is 0 Å². The number of hydrogen-bond acceptors (Lipinski definition) is 1. The molecule has 0 aliphatic carbocycles. The van der Waals surface area contributed by atoms with Gasteiger partial charge in [-0.05, 0) is 19.1 Å². The Balaban J connectivity index is 2.35. The number of para-hydroxylation sites is 1. The van der Waals surface area contributed by atoms with Crippen molar-refractivity contribution in [1.82, 2.24) is 0 Å². The minimum absolute atomic E-state index is 0.153. The third-order valence-electron chi connectivity index (χ3n) is 2.29. The molecule has 1 aromatic carbocycles. The number of rotatable bonds is 1. The summed E-state index contributed by atoms with van der Waals surface area (Å²) >= 11 is 5.97. The Kier molecular flexibility index (Phi) is 2.00. The number of benzene rings is 1. The average molecular weight is 196 g/mol. The maximum Gasteiger partial charge on any atom is 0.229 e. The van der Waals surface area contributed by atoms with Gasteiger partial charge in [0.15, 0.2) is 0 Å². The van der Waals surface area contributed by atoms with Crippen molar-refractivity contribution in [3.8, 4) is 0 Å². The molecule has 0 N–H and O–H groups in total. The quantitative estimate of drug-likeness (QED) is 0.631. The third-order valence-corrected chi connectivity index (χ3v) is 2.61. The second-order valence-electron chi connectivity index (χ2n) is 3.27. The maximum absolute atomic E-state index is 11.3. The number of carbonyl (C=O) groups is 1. The van der Waals surface area contributed by atoms with Gasteiger partial charge in [0.05, 0.1) is 10.7 Å². The Bertz CT molecular complexity index is 351. The smallest absolute Gasteiger partial charge is 0.229 e. The van der Waals surface area contributed by atoms with Crippen molar-refractivity contribution in [2.75, 3.05) is 4.90 Å². The zero-order valence-corrected chi connectivity index (χ0v) is 8.08. The summed E-state index contributed by atoms with van der Waals surface area (Å²) in [5.41, 5.74) is 0.827. The van der Waals surface area contributed by atoms with E-state index in [0.29, 0.717) is 11.4 Å². The van der Waals surface area contributed by atoms with Crippen LogP contribution in [-0.4, -0.2) is 11.9 Å². The summed E-state index contributed by atoms with van der Waals surface area (Å²) in [5, 5.41) is 0.641. The van der Waals surface area contributed by atoms with Crippen LogP contribution < -0.4 is 4.90 Å². The van der Waals surface area contributed by atoms with E-state index >= 15 is 0 Å². The number of anilines is 1. The highest BCUT2D eigenvalue weighted by Gasteiger charge is 2.34. The molecule has 1 heterocycles. The van der Waals surface area contributed by atoms with Crippen LogP contribution >= 0.6 is 11.6 Å². The van der Waals surface area contributed by atoms with Gasteiger partial charge in [0.25, 0.3) is 0 Å². The number of amides is 1. The molecule has 1 saturated heterocycles. The van der Waals surface area contributed by atoms with Gasteiger partial charge in [-0.1, -0.05) is 23.7 Å². The van der Waals surface area contributed by atoms with Crippen molar-refractivity contribution in [3.05, 3.63) is 29.3 Å². The van der Waals surface area contributed by atoms with Gasteiger partial charge < -0.3 is 4.90 Å². The molecule has 1 amide bonds. The number of β-lactam (4-membered cyclic amide) rings is 1. The van der Waals surface area contributed by atoms with Gasteiger partial charge in [-0.25, -0.2) is 0 Å². The van der Waals surface area contributed by atoms with Gasteiger partial charge in [-0.15, -0.1) is 0 Å². The molecule has 13 heavy (non-hydrogen) atoms. The highest BCUT2D eigenvalue weighted by molar-refractivity contribution is 6.34. The second kappa shape index (κ2) is 3.04. The van der Waals surface area contributed by atoms with E-state index in [1.54, 1.807) is 11.0 Å². The number of hydrogen-bond donors (Lipinski definition) is 0. The first kappa shape index (κ1) is 8.57. The summed E-state index contributed by atoms with van der Waals surface area (Å²) in [6.45, 7) is 2.02. The van der Waals surface area contributed by atoms with Crippen LogP contribution in [0.2, 0.25) is 5.02 Å². The second-order valence-corrected chi connectivity index (χ2v) is 3.68. The first-order chi connectivity index (χ1) is 6.20. The molecule has 1 aromatic rings. The van der Waals surface area contributed by atoms with E-state index in [2.05, 4.69) is 0 Å². The molecule has 0 spiro atoms. The molecular weight excluding hydrogens is 186 g/mol. The predicted octanol–water partition coefficient (Wildman–Crippen LogP) is 2.47. The monoisotopic (exact) mass is 195 g/mol. The average Bonchev–Trinajstić information content (AvgIpc) is 2.09. The van der Waals surface area contributed by atoms with E-state index in [4.69, 9.17) is 11.6 Å². The summed E-state index contributed by atoms with van der Waals surface area (Å²) in [4.78, 5) is 13.0. The van der Waals surface area contributed by atoms with Crippen LogP contribution in [0.4, 0.5) is 5.69 Å². The Morgan fingerprint density at radius 1 is 1.46 bits per heavy atom. The van der Waals surface area contributed by atoms with E-state index in [1.165, 1.54) is 0 Å². The Morgan fingerprint density at radius 3 is 2.69 bits per heavy atom. The van der Waals surface area contributed by atoms with Gasteiger partial charge in [-0.2, -0.15) is 0 Å². The van der Waals surface area contributed by atoms with Gasteiger partial charge >= 0.3 is 0 Å². The molecule has 0 radical (unpaired) electrons. The first-order valence-electron chi connectivity index (χ1n) is 4.27. The van der Waals surface area contributed by atoms with E-state index < -0.39 is 0 Å². The summed E-state index contributed by atoms with van der Waals surface area (Å²) < 4.78 is 0. The summed E-state index contributed by atoms with van der Waals surface area (Å²) in [6, 6.07) is 7.71. The lowest BCUT2D eigenvalue weighted by Crippen LogP contribution is -2.51. The van der Waals surface area contributed by atoms with Crippen molar-refractivity contribution in [3.63, 3.8) is 0 Å². The van der Waals surface area contributed by atoms with Gasteiger partial charge in [0, 0.05) is 12.5 Å². The van der Waals surface area contributed by atoms with Gasteiger partial charge in [-0.3, -0.25) is 4.79 Å². The van der Waals surface area contributed by atoms with E-state index in [1.807, 2.05) is 25.1 Å². The maximum atomic E-state index is 11.3. The lowest BCUT2D eigenvalue weighted by molar-refractivity contribution is -0.123. The highest BCUT2D eigenvalue weighted by atomic mass is 35.5. The third kappa shape index (κ3) is 1.31. The first-order valence-corrected chi connectivity index (χ1v) is 4.64. The van der Waals surface area contributed by atoms with Crippen molar-refractivity contribution < 1.29 is 4.79 Å². The minimum Gasteiger partial charge on any atom is -0.308 e. The SMILES string of the molecule is CC1CC(=O)N1c1ccccc1Cl. The summed E-state index contributed by atoms with van der Waals surface area (Å²) in [7, 11) is 0. The lowest BCUT2D eigenvalue weighted by Gasteiger charge is -2.38. The summed E-state index contributed by atoms with van der Waals surface area (Å²) in [5.74, 6) is 0.153. The molecule has 2 rings (SSSR count). The fourth-order valence-electron chi connectivity index (χ4n) is 1.59. The Morgan fingerprint density at radius 2 is 2.15 bits per heavy atom. The van der Waals surface area contributed by atoms with E-state index in [0.717, 1.165) is 5.69 Å². The lowest BCUT2D eigenvalue weighted by atomic mass is 10.0. The topological polar surface area (TPSA) is 20.3 Å². The predicted molar refractivity (Wildman–Crippen MR) is 53.0 cm³/mol. The molecule has 2 nitrogen and oxygen atoms in total. The van der Waals surface area contributed by atoms with Crippen LogP contribution in [0, 0.1) is 0 Å². The standard InChI is InChI=1S/C10H10ClNO/c1-7-6-10(13)12(7)9-5-3-2-4-8(9)11/h2-5,7H,6H2,1H3. The molecule has 1 aliphatic heterocycles. The molecular formula is C10H10ClNO. The largest absolute Gasteiger partial charge is 0.308 e. The molecule has 0 aromatic heterocycles. The molecule has 1 aliphatic rings. The molecule has 0 saturated carbocycles. The van der Waals surface area contributed by atoms with Gasteiger partial charge in [0.2, 0.25) is 5.91 Å². The fourth-order valence-corrected chi connectivity index (χ4v) is 1.82. The Hall–Kier alpha value is -1.02. The van der Waals surface area contributed by atoms with Crippen LogP contribution in [-0.2, 0) is 4.79 Å². The highest BCUT2D eigenvalue weighted by Crippen LogP contribution is 2.32. The molecule has 0 bridgehead atoms. The van der Waals surface area contributed by atoms with Crippen LogP contribution in [0.5, 0.6) is 0 Å². The van der Waals surface area contributed by atoms with Crippen molar-refractivity contribution >= 4 is 23.2 Å². The number of nitrogens with zero attached hydrogens (tertiary/aromatic N) is 1. The zero-order chi connectivity index (χ0) is 9.42. The Labute approximate surface area is 82.1 Å². The van der Waals surface area contributed by atoms with Crippen molar-refractivity contribution in [2.45, 2.75) is 19.4 Å². The van der Waals surface area contributed by atoms with E-state index in [9.17, 15) is 4.79 Å². The van der Waals surface area contributed by atoms with Crippen LogP contribution in [0.25, 0.3) is 0 Å². The van der Waals surface area contributed by atoms with Crippen LogP contribution in [0.3, 0.4) is 0 Å². The van der Waals surface area contributed by atoms with Crippen LogP contribution in [0.1, 0.15) is 13.3 Å². The normalized spacial score (nSPS) is 21.5. The summed E-state index contributed by atoms with van der Waals surface area (Å²) in [6.07, 6.45) is 0.630. The molecule has 68 valence electrons. The molecule has 1 fully saturated rings. The number of carbonyl (C=O) groups excluding carboxylic acids is 1. The van der Waals surface area contributed by atoms with Crippen LogP contribution in [0.15, 0.2) is 24.3 Å². The molecule has 3 heteroatoms. The number of halogens is 1. The minimum atomic E-state index is 0.153. The van der Waals surface area contributed by atoms with Crippen molar-refractivity contribution in [1.29, 1.82) is 0 Å². The molecule has 1 atom stereocenters. The fraction of sp³-hybridized carbons (Fsp3) is 0.300. The zero-order valence-electron chi connectivity index (χ0n) is 7.33. The van der Waals surface area contributed by atoms with E-state index in [-0.39, 0.29) is 11.9 Å². The van der Waals surface area contributed by atoms with Crippen molar-refractivity contribution in [2.24, 2.45) is 0 Å². The molecule has 1 unspecified atom stereocenters.